The molecule has 0 saturated carbocycles. The maximum Gasteiger partial charge on any atom is 0.165 e. The summed E-state index contributed by atoms with van der Waals surface area (Å²) in [6, 6.07) is 9.62. The molecular formula is C13H18O3. The van der Waals surface area contributed by atoms with Crippen molar-refractivity contribution in [2.75, 3.05) is 13.2 Å². The molecule has 3 nitrogen and oxygen atoms in total. The smallest absolute Gasteiger partial charge is 0.165 e. The molecule has 0 aromatic heterocycles. The zero-order valence-corrected chi connectivity index (χ0v) is 9.72. The molecule has 0 spiro atoms. The first-order valence-corrected chi connectivity index (χ1v) is 5.58. The van der Waals surface area contributed by atoms with Crippen LogP contribution in [0.4, 0.5) is 0 Å². The summed E-state index contributed by atoms with van der Waals surface area (Å²) in [6.45, 7) is 5.13. The van der Waals surface area contributed by atoms with Gasteiger partial charge in [-0.15, -0.1) is 0 Å². The van der Waals surface area contributed by atoms with Crippen LogP contribution in [0.1, 0.15) is 25.5 Å². The molecule has 0 bridgehead atoms. The van der Waals surface area contributed by atoms with E-state index in [4.69, 9.17) is 9.47 Å². The lowest BCUT2D eigenvalue weighted by molar-refractivity contribution is -0.161. The molecule has 16 heavy (non-hydrogen) atoms. The van der Waals surface area contributed by atoms with Gasteiger partial charge >= 0.3 is 0 Å². The topological polar surface area (TPSA) is 38.7 Å². The number of aliphatic hydroxyl groups is 1. The molecule has 0 radical (unpaired) electrons. The van der Waals surface area contributed by atoms with E-state index in [9.17, 15) is 5.11 Å². The van der Waals surface area contributed by atoms with Gasteiger partial charge in [0, 0.05) is 5.41 Å². The molecule has 1 aliphatic rings. The summed E-state index contributed by atoms with van der Waals surface area (Å²) in [5.41, 5.74) is 0.448. The summed E-state index contributed by atoms with van der Waals surface area (Å²) in [5.74, 6) is 0. The second-order valence-corrected chi connectivity index (χ2v) is 4.71. The van der Waals surface area contributed by atoms with Crippen LogP contribution in [-0.4, -0.2) is 24.6 Å². The number of ether oxygens (including phenoxy) is 2. The van der Waals surface area contributed by atoms with Crippen LogP contribution in [0.2, 0.25) is 0 Å². The summed E-state index contributed by atoms with van der Waals surface area (Å²) in [6.07, 6.45) is -0.917. The molecule has 88 valence electrons. The van der Waals surface area contributed by atoms with Crippen molar-refractivity contribution in [3.05, 3.63) is 35.9 Å². The summed E-state index contributed by atoms with van der Waals surface area (Å²) < 4.78 is 11.0. The minimum Gasteiger partial charge on any atom is -0.388 e. The third-order valence-corrected chi connectivity index (χ3v) is 3.05. The first-order valence-electron chi connectivity index (χ1n) is 5.58. The van der Waals surface area contributed by atoms with Crippen LogP contribution >= 0.6 is 0 Å². The Labute approximate surface area is 96.0 Å². The second-order valence-electron chi connectivity index (χ2n) is 4.71. The predicted octanol–water partition coefficient (Wildman–Crippen LogP) is 2.12. The maximum absolute atomic E-state index is 10.3. The SMILES string of the molecule is CC(C)(C1OCCO1)C(O)c1ccccc1. The van der Waals surface area contributed by atoms with E-state index < -0.39 is 11.5 Å². The van der Waals surface area contributed by atoms with Crippen molar-refractivity contribution in [1.82, 2.24) is 0 Å². The first-order chi connectivity index (χ1) is 7.62. The number of hydrogen-bond donors (Lipinski definition) is 1. The second kappa shape index (κ2) is 4.53. The molecule has 1 saturated heterocycles. The van der Waals surface area contributed by atoms with Crippen LogP contribution in [0.15, 0.2) is 30.3 Å². The molecule has 1 aromatic rings. The minimum absolute atomic E-state index is 0.331. The Hall–Kier alpha value is -0.900. The van der Waals surface area contributed by atoms with Crippen molar-refractivity contribution in [1.29, 1.82) is 0 Å². The molecule has 1 heterocycles. The van der Waals surface area contributed by atoms with Gasteiger partial charge in [0.1, 0.15) is 0 Å². The van der Waals surface area contributed by atoms with Gasteiger partial charge in [-0.25, -0.2) is 0 Å². The summed E-state index contributed by atoms with van der Waals surface area (Å²) in [7, 11) is 0. The Morgan fingerprint density at radius 1 is 1.19 bits per heavy atom. The number of benzene rings is 1. The summed E-state index contributed by atoms with van der Waals surface area (Å²) >= 11 is 0. The van der Waals surface area contributed by atoms with Crippen molar-refractivity contribution in [2.45, 2.75) is 26.2 Å². The van der Waals surface area contributed by atoms with Crippen molar-refractivity contribution in [3.63, 3.8) is 0 Å². The fraction of sp³-hybridized carbons (Fsp3) is 0.538. The van der Waals surface area contributed by atoms with E-state index in [0.717, 1.165) is 5.56 Å². The fourth-order valence-electron chi connectivity index (χ4n) is 1.98. The van der Waals surface area contributed by atoms with Crippen LogP contribution in [0, 0.1) is 5.41 Å². The van der Waals surface area contributed by atoms with Gasteiger partial charge in [-0.2, -0.15) is 0 Å². The first kappa shape index (κ1) is 11.6. The zero-order chi connectivity index (χ0) is 11.6. The molecule has 1 unspecified atom stereocenters. The van der Waals surface area contributed by atoms with E-state index >= 15 is 0 Å². The normalized spacial score (nSPS) is 19.9. The van der Waals surface area contributed by atoms with Crippen molar-refractivity contribution in [3.8, 4) is 0 Å². The van der Waals surface area contributed by atoms with E-state index in [2.05, 4.69) is 0 Å². The van der Waals surface area contributed by atoms with E-state index in [1.165, 1.54) is 0 Å². The Bertz CT molecular complexity index is 328. The van der Waals surface area contributed by atoms with Gasteiger partial charge in [-0.3, -0.25) is 0 Å². The highest BCUT2D eigenvalue weighted by Crippen LogP contribution is 2.39. The van der Waals surface area contributed by atoms with Crippen LogP contribution < -0.4 is 0 Å². The standard InChI is InChI=1S/C13H18O3/c1-13(2,12-15-8-9-16-12)11(14)10-6-4-3-5-7-10/h3-7,11-12,14H,8-9H2,1-2H3. The molecule has 1 aliphatic heterocycles. The van der Waals surface area contributed by atoms with Crippen LogP contribution in [-0.2, 0) is 9.47 Å². The molecule has 0 amide bonds. The monoisotopic (exact) mass is 222 g/mol. The summed E-state index contributed by atoms with van der Waals surface area (Å²) in [4.78, 5) is 0. The predicted molar refractivity (Wildman–Crippen MR) is 60.9 cm³/mol. The molecular weight excluding hydrogens is 204 g/mol. The van der Waals surface area contributed by atoms with Gasteiger partial charge in [0.2, 0.25) is 0 Å². The lowest BCUT2D eigenvalue weighted by atomic mass is 9.82. The van der Waals surface area contributed by atoms with Gasteiger partial charge in [-0.1, -0.05) is 44.2 Å². The highest BCUT2D eigenvalue weighted by atomic mass is 16.7. The third kappa shape index (κ3) is 2.12. The fourth-order valence-corrected chi connectivity index (χ4v) is 1.98. The van der Waals surface area contributed by atoms with Gasteiger partial charge in [-0.05, 0) is 5.56 Å². The molecule has 0 aliphatic carbocycles. The Morgan fingerprint density at radius 2 is 1.75 bits per heavy atom. The molecule has 2 rings (SSSR count). The Balaban J connectivity index is 2.16. The van der Waals surface area contributed by atoms with E-state index in [1.54, 1.807) is 0 Å². The van der Waals surface area contributed by atoms with Crippen molar-refractivity contribution in [2.24, 2.45) is 5.41 Å². The van der Waals surface area contributed by atoms with E-state index in [-0.39, 0.29) is 6.29 Å². The van der Waals surface area contributed by atoms with Gasteiger partial charge < -0.3 is 14.6 Å². The molecule has 1 atom stereocenters. The number of rotatable bonds is 3. The minimum atomic E-state index is -0.586. The lowest BCUT2D eigenvalue weighted by Gasteiger charge is -2.34. The van der Waals surface area contributed by atoms with E-state index in [1.807, 2.05) is 44.2 Å². The highest BCUT2D eigenvalue weighted by molar-refractivity contribution is 5.19. The largest absolute Gasteiger partial charge is 0.388 e. The van der Waals surface area contributed by atoms with Crippen molar-refractivity contribution < 1.29 is 14.6 Å². The average molecular weight is 222 g/mol. The van der Waals surface area contributed by atoms with Crippen LogP contribution in [0.5, 0.6) is 0 Å². The number of hydrogen-bond acceptors (Lipinski definition) is 3. The molecule has 1 aromatic carbocycles. The van der Waals surface area contributed by atoms with Crippen LogP contribution in [0.3, 0.4) is 0 Å². The maximum atomic E-state index is 10.3. The molecule has 3 heteroatoms. The average Bonchev–Trinajstić information content (AvgIpc) is 2.83. The van der Waals surface area contributed by atoms with E-state index in [0.29, 0.717) is 13.2 Å². The lowest BCUT2D eigenvalue weighted by Crippen LogP contribution is -2.36. The van der Waals surface area contributed by atoms with Crippen molar-refractivity contribution >= 4 is 0 Å². The van der Waals surface area contributed by atoms with Gasteiger partial charge in [0.25, 0.3) is 0 Å². The zero-order valence-electron chi connectivity index (χ0n) is 9.72. The molecule has 1 fully saturated rings. The Kier molecular flexibility index (Phi) is 3.28. The van der Waals surface area contributed by atoms with Crippen LogP contribution in [0.25, 0.3) is 0 Å². The summed E-state index contributed by atoms with van der Waals surface area (Å²) in [5, 5.41) is 10.3. The van der Waals surface area contributed by atoms with Gasteiger partial charge in [0.05, 0.1) is 19.3 Å². The third-order valence-electron chi connectivity index (χ3n) is 3.05. The Morgan fingerprint density at radius 3 is 2.31 bits per heavy atom. The molecule has 1 N–H and O–H groups in total. The quantitative estimate of drug-likeness (QED) is 0.851. The van der Waals surface area contributed by atoms with Gasteiger partial charge in [0.15, 0.2) is 6.29 Å². The highest BCUT2D eigenvalue weighted by Gasteiger charge is 2.40. The number of aliphatic hydroxyl groups excluding tert-OH is 1.